The van der Waals surface area contributed by atoms with E-state index >= 15 is 0 Å². The van der Waals surface area contributed by atoms with Crippen molar-refractivity contribution in [2.45, 2.75) is 51.7 Å². The highest BCUT2D eigenvalue weighted by atomic mass is 16.5. The molecule has 0 saturated heterocycles. The van der Waals surface area contributed by atoms with Crippen LogP contribution in [0.25, 0.3) is 28.0 Å². The van der Waals surface area contributed by atoms with Crippen LogP contribution in [-0.4, -0.2) is 31.5 Å². The van der Waals surface area contributed by atoms with Crippen LogP contribution in [0.5, 0.6) is 5.75 Å². The van der Waals surface area contributed by atoms with Gasteiger partial charge < -0.3 is 15.6 Å². The fraction of sp³-hybridized carbons (Fsp3) is 0.370. The maximum Gasteiger partial charge on any atom is 0.154 e. The SMILES string of the molecule is CCCC(N)c1cccc(-c2cc(OCCC3CC3)c3cnn(-c4cccc(CO)n4)c3c2)n1. The molecular weight excluding hydrogens is 426 g/mol. The highest BCUT2D eigenvalue weighted by Gasteiger charge is 2.21. The molecule has 3 aromatic heterocycles. The highest BCUT2D eigenvalue weighted by molar-refractivity contribution is 5.90. The normalized spacial score (nSPS) is 14.4. The van der Waals surface area contributed by atoms with Gasteiger partial charge in [-0.2, -0.15) is 5.10 Å². The van der Waals surface area contributed by atoms with Gasteiger partial charge in [0.1, 0.15) is 5.75 Å². The number of aliphatic hydroxyl groups is 1. The van der Waals surface area contributed by atoms with Crippen LogP contribution in [0.2, 0.25) is 0 Å². The minimum absolute atomic E-state index is 0.0844. The smallest absolute Gasteiger partial charge is 0.154 e. The lowest BCUT2D eigenvalue weighted by Gasteiger charge is -2.13. The molecular formula is C27H31N5O2. The summed E-state index contributed by atoms with van der Waals surface area (Å²) in [7, 11) is 0. The number of fused-ring (bicyclic) bond motifs is 1. The van der Waals surface area contributed by atoms with Crippen molar-refractivity contribution >= 4 is 10.9 Å². The molecule has 7 heteroatoms. The molecule has 3 N–H and O–H groups in total. The Balaban J connectivity index is 1.59. The molecule has 0 amide bonds. The second-order valence-electron chi connectivity index (χ2n) is 9.03. The zero-order chi connectivity index (χ0) is 23.5. The molecule has 0 spiro atoms. The first-order valence-electron chi connectivity index (χ1n) is 12.1. The van der Waals surface area contributed by atoms with Crippen LogP contribution in [0.3, 0.4) is 0 Å². The number of ether oxygens (including phenoxy) is 1. The Bertz CT molecular complexity index is 1280. The van der Waals surface area contributed by atoms with E-state index in [0.29, 0.717) is 18.1 Å². The lowest BCUT2D eigenvalue weighted by Crippen LogP contribution is -2.11. The van der Waals surface area contributed by atoms with E-state index in [9.17, 15) is 5.11 Å². The van der Waals surface area contributed by atoms with Gasteiger partial charge in [-0.1, -0.05) is 38.3 Å². The number of hydrogen-bond acceptors (Lipinski definition) is 6. The van der Waals surface area contributed by atoms with E-state index in [2.05, 4.69) is 29.1 Å². The summed E-state index contributed by atoms with van der Waals surface area (Å²) in [6, 6.07) is 15.6. The molecule has 0 bridgehead atoms. The largest absolute Gasteiger partial charge is 0.493 e. The predicted molar refractivity (Wildman–Crippen MR) is 133 cm³/mol. The zero-order valence-corrected chi connectivity index (χ0v) is 19.5. The summed E-state index contributed by atoms with van der Waals surface area (Å²) in [6.07, 6.45) is 7.40. The van der Waals surface area contributed by atoms with Gasteiger partial charge >= 0.3 is 0 Å². The Hall–Kier alpha value is -3.29. The van der Waals surface area contributed by atoms with Gasteiger partial charge in [-0.3, -0.25) is 4.98 Å². The van der Waals surface area contributed by atoms with E-state index in [-0.39, 0.29) is 12.6 Å². The second kappa shape index (κ2) is 9.91. The molecule has 0 aliphatic heterocycles. The zero-order valence-electron chi connectivity index (χ0n) is 19.5. The van der Waals surface area contributed by atoms with Gasteiger partial charge in [0.2, 0.25) is 0 Å². The van der Waals surface area contributed by atoms with E-state index in [4.69, 9.17) is 15.5 Å². The molecule has 176 valence electrons. The first kappa shape index (κ1) is 22.5. The maximum atomic E-state index is 9.53. The summed E-state index contributed by atoms with van der Waals surface area (Å²) < 4.78 is 8.07. The van der Waals surface area contributed by atoms with Crippen molar-refractivity contribution in [2.75, 3.05) is 6.61 Å². The monoisotopic (exact) mass is 457 g/mol. The lowest BCUT2D eigenvalue weighted by atomic mass is 10.1. The number of pyridine rings is 2. The van der Waals surface area contributed by atoms with Gasteiger partial charge in [-0.05, 0) is 55.2 Å². The number of rotatable bonds is 10. The van der Waals surface area contributed by atoms with Crippen molar-refractivity contribution < 1.29 is 9.84 Å². The number of aromatic nitrogens is 4. The summed E-state index contributed by atoms with van der Waals surface area (Å²) in [5.41, 5.74) is 10.5. The summed E-state index contributed by atoms with van der Waals surface area (Å²) >= 11 is 0. The molecule has 7 nitrogen and oxygen atoms in total. The quantitative estimate of drug-likeness (QED) is 0.349. The standard InChI is InChI=1S/C27H31N5O2/c1-2-5-22(28)24-8-4-7-23(31-24)19-14-25-21(26(15-19)34-13-12-18-10-11-18)16-29-32(25)27-9-3-6-20(17-33)30-27/h3-4,6-9,14-16,18,22,33H,2,5,10-13,17,28H2,1H3. The van der Waals surface area contributed by atoms with Crippen LogP contribution >= 0.6 is 0 Å². The topological polar surface area (TPSA) is 99.1 Å². The van der Waals surface area contributed by atoms with Crippen LogP contribution in [0, 0.1) is 5.92 Å². The molecule has 1 saturated carbocycles. The Labute approximate surface area is 199 Å². The molecule has 5 rings (SSSR count). The van der Waals surface area contributed by atoms with Crippen molar-refractivity contribution in [3.05, 3.63) is 66.1 Å². The minimum Gasteiger partial charge on any atom is -0.493 e. The van der Waals surface area contributed by atoms with Gasteiger partial charge in [-0.25, -0.2) is 9.67 Å². The third kappa shape index (κ3) is 4.81. The molecule has 3 heterocycles. The molecule has 1 aliphatic carbocycles. The average molecular weight is 458 g/mol. The lowest BCUT2D eigenvalue weighted by molar-refractivity contribution is 0.276. The fourth-order valence-corrected chi connectivity index (χ4v) is 4.24. The van der Waals surface area contributed by atoms with Gasteiger partial charge in [0.25, 0.3) is 0 Å². The number of nitrogens with zero attached hydrogens (tertiary/aromatic N) is 4. The van der Waals surface area contributed by atoms with Crippen LogP contribution in [0.15, 0.2) is 54.7 Å². The number of benzene rings is 1. The Morgan fingerprint density at radius 1 is 1.15 bits per heavy atom. The van der Waals surface area contributed by atoms with E-state index in [1.54, 1.807) is 10.7 Å². The summed E-state index contributed by atoms with van der Waals surface area (Å²) in [5.74, 6) is 2.24. The summed E-state index contributed by atoms with van der Waals surface area (Å²) in [6.45, 7) is 2.69. The average Bonchev–Trinajstić information content (AvgIpc) is 3.60. The maximum absolute atomic E-state index is 9.53. The Kier molecular flexibility index (Phi) is 6.56. The fourth-order valence-electron chi connectivity index (χ4n) is 4.24. The molecule has 0 radical (unpaired) electrons. The van der Waals surface area contributed by atoms with Gasteiger partial charge in [0, 0.05) is 11.6 Å². The van der Waals surface area contributed by atoms with E-state index in [1.807, 2.05) is 36.5 Å². The van der Waals surface area contributed by atoms with Crippen molar-refractivity contribution in [3.63, 3.8) is 0 Å². The first-order valence-corrected chi connectivity index (χ1v) is 12.1. The molecule has 1 fully saturated rings. The minimum atomic E-state index is -0.122. The highest BCUT2D eigenvalue weighted by Crippen LogP contribution is 2.35. The molecule has 4 aromatic rings. The van der Waals surface area contributed by atoms with Crippen LogP contribution in [0.1, 0.15) is 56.5 Å². The van der Waals surface area contributed by atoms with Crippen molar-refractivity contribution in [3.8, 4) is 22.8 Å². The van der Waals surface area contributed by atoms with Gasteiger partial charge in [0.15, 0.2) is 5.82 Å². The molecule has 1 aromatic carbocycles. The predicted octanol–water partition coefficient (Wildman–Crippen LogP) is 4.95. The summed E-state index contributed by atoms with van der Waals surface area (Å²) in [4.78, 5) is 9.43. The molecule has 1 unspecified atom stereocenters. The van der Waals surface area contributed by atoms with Crippen LogP contribution in [-0.2, 0) is 6.61 Å². The summed E-state index contributed by atoms with van der Waals surface area (Å²) in [5, 5.41) is 15.1. The molecule has 34 heavy (non-hydrogen) atoms. The first-order chi connectivity index (χ1) is 16.7. The second-order valence-corrected chi connectivity index (χ2v) is 9.03. The molecule has 1 atom stereocenters. The Morgan fingerprint density at radius 3 is 2.79 bits per heavy atom. The number of aliphatic hydroxyl groups excluding tert-OH is 1. The van der Waals surface area contributed by atoms with Crippen LogP contribution in [0.4, 0.5) is 0 Å². The van der Waals surface area contributed by atoms with Gasteiger partial charge in [0.05, 0.1) is 47.4 Å². The third-order valence-corrected chi connectivity index (χ3v) is 6.35. The van der Waals surface area contributed by atoms with Crippen molar-refractivity contribution in [2.24, 2.45) is 11.7 Å². The third-order valence-electron chi connectivity index (χ3n) is 6.35. The van der Waals surface area contributed by atoms with E-state index in [1.165, 1.54) is 12.8 Å². The number of hydrogen-bond donors (Lipinski definition) is 2. The van der Waals surface area contributed by atoms with E-state index < -0.39 is 0 Å². The van der Waals surface area contributed by atoms with Crippen molar-refractivity contribution in [1.82, 2.24) is 19.7 Å². The number of nitrogens with two attached hydrogens (primary N) is 1. The molecule has 1 aliphatic rings. The van der Waals surface area contributed by atoms with Crippen molar-refractivity contribution in [1.29, 1.82) is 0 Å². The van der Waals surface area contributed by atoms with Gasteiger partial charge in [-0.15, -0.1) is 0 Å². The van der Waals surface area contributed by atoms with E-state index in [0.717, 1.165) is 58.8 Å². The Morgan fingerprint density at radius 2 is 2.00 bits per heavy atom. The van der Waals surface area contributed by atoms with Crippen LogP contribution < -0.4 is 10.5 Å².